The molecular formula is C31H30N8O3. The van der Waals surface area contributed by atoms with E-state index in [0.29, 0.717) is 41.5 Å². The van der Waals surface area contributed by atoms with Crippen molar-refractivity contribution in [3.63, 3.8) is 0 Å². The molecule has 0 saturated carbocycles. The number of carbonyl (C=O) groups excluding carboxylic acids is 1. The molecule has 212 valence electrons. The lowest BCUT2D eigenvalue weighted by Gasteiger charge is -2.25. The molecule has 5 aromatic rings. The Hall–Kier alpha value is -4.74. The molecule has 42 heavy (non-hydrogen) atoms. The van der Waals surface area contributed by atoms with Crippen LogP contribution in [0.15, 0.2) is 67.5 Å². The van der Waals surface area contributed by atoms with E-state index in [1.165, 1.54) is 0 Å². The summed E-state index contributed by atoms with van der Waals surface area (Å²) in [5.74, 6) is 0.660. The summed E-state index contributed by atoms with van der Waals surface area (Å²) in [6.45, 7) is 4.01. The molecule has 2 aliphatic rings. The third kappa shape index (κ3) is 5.08. The summed E-state index contributed by atoms with van der Waals surface area (Å²) in [5, 5.41) is 6.48. The van der Waals surface area contributed by atoms with Gasteiger partial charge in [-0.05, 0) is 68.1 Å². The van der Waals surface area contributed by atoms with Crippen LogP contribution in [0.2, 0.25) is 0 Å². The molecule has 2 N–H and O–H groups in total. The van der Waals surface area contributed by atoms with Gasteiger partial charge in [-0.2, -0.15) is 0 Å². The summed E-state index contributed by atoms with van der Waals surface area (Å²) in [6.07, 6.45) is 9.76. The van der Waals surface area contributed by atoms with Crippen LogP contribution >= 0.6 is 0 Å². The Kier molecular flexibility index (Phi) is 7.02. The molecule has 1 amide bonds. The van der Waals surface area contributed by atoms with Gasteiger partial charge in [-0.15, -0.1) is 0 Å². The molecule has 1 atom stereocenters. The smallest absolute Gasteiger partial charge is 0.255 e. The van der Waals surface area contributed by atoms with E-state index in [2.05, 4.69) is 35.6 Å². The maximum absolute atomic E-state index is 13.1. The predicted molar refractivity (Wildman–Crippen MR) is 158 cm³/mol. The Bertz CT molecular complexity index is 1760. The molecule has 2 aliphatic heterocycles. The number of ether oxygens (including phenoxy) is 2. The average Bonchev–Trinajstić information content (AvgIpc) is 3.43. The van der Waals surface area contributed by atoms with Gasteiger partial charge < -0.3 is 20.1 Å². The van der Waals surface area contributed by atoms with Gasteiger partial charge in [0.05, 0.1) is 19.5 Å². The molecule has 1 unspecified atom stereocenters. The van der Waals surface area contributed by atoms with Crippen LogP contribution in [0.25, 0.3) is 22.4 Å². The third-order valence-electron chi connectivity index (χ3n) is 7.74. The number of benzene rings is 1. The zero-order valence-electron chi connectivity index (χ0n) is 23.2. The van der Waals surface area contributed by atoms with E-state index >= 15 is 0 Å². The first-order valence-corrected chi connectivity index (χ1v) is 14.1. The highest BCUT2D eigenvalue weighted by atomic mass is 16.5. The Balaban J connectivity index is 1.16. The summed E-state index contributed by atoms with van der Waals surface area (Å²) in [5.41, 5.74) is 6.77. The van der Waals surface area contributed by atoms with E-state index in [9.17, 15) is 4.79 Å². The lowest BCUT2D eigenvalue weighted by atomic mass is 10.0. The molecule has 11 heteroatoms. The van der Waals surface area contributed by atoms with Crippen LogP contribution in [0.1, 0.15) is 53.0 Å². The zero-order valence-corrected chi connectivity index (χ0v) is 23.2. The first kappa shape index (κ1) is 26.2. The second kappa shape index (κ2) is 11.3. The molecule has 11 nitrogen and oxygen atoms in total. The van der Waals surface area contributed by atoms with Crippen molar-refractivity contribution in [3.05, 3.63) is 84.3 Å². The zero-order chi connectivity index (χ0) is 28.5. The van der Waals surface area contributed by atoms with E-state index in [0.717, 1.165) is 54.0 Å². The molecular weight excluding hydrogens is 532 g/mol. The van der Waals surface area contributed by atoms with Crippen molar-refractivity contribution in [2.45, 2.75) is 38.3 Å². The second-order valence-electron chi connectivity index (χ2n) is 10.6. The molecule has 1 aromatic carbocycles. The summed E-state index contributed by atoms with van der Waals surface area (Å²) in [6, 6.07) is 13.1. The van der Waals surface area contributed by atoms with Crippen molar-refractivity contribution < 1.29 is 14.3 Å². The van der Waals surface area contributed by atoms with Crippen LogP contribution in [0, 0.1) is 6.92 Å². The van der Waals surface area contributed by atoms with Crippen molar-refractivity contribution in [2.75, 3.05) is 30.5 Å². The van der Waals surface area contributed by atoms with Gasteiger partial charge in [0.2, 0.25) is 0 Å². The molecule has 0 bridgehead atoms. The molecule has 4 aromatic heterocycles. The highest BCUT2D eigenvalue weighted by Gasteiger charge is 2.24. The number of imidazole rings is 1. The van der Waals surface area contributed by atoms with Crippen molar-refractivity contribution >= 4 is 34.3 Å². The molecule has 2 saturated heterocycles. The van der Waals surface area contributed by atoms with Crippen LogP contribution in [0.3, 0.4) is 0 Å². The first-order valence-electron chi connectivity index (χ1n) is 14.1. The Labute approximate surface area is 242 Å². The van der Waals surface area contributed by atoms with Gasteiger partial charge in [-0.3, -0.25) is 14.3 Å². The lowest BCUT2D eigenvalue weighted by Crippen LogP contribution is -2.26. The number of hydrogen-bond donors (Lipinski definition) is 2. The summed E-state index contributed by atoms with van der Waals surface area (Å²) in [7, 11) is 0. The van der Waals surface area contributed by atoms with Crippen LogP contribution in [0.4, 0.5) is 17.2 Å². The van der Waals surface area contributed by atoms with E-state index in [1.807, 2.05) is 47.9 Å². The van der Waals surface area contributed by atoms with Crippen molar-refractivity contribution in [1.29, 1.82) is 0 Å². The van der Waals surface area contributed by atoms with E-state index < -0.39 is 0 Å². The monoisotopic (exact) mass is 562 g/mol. The van der Waals surface area contributed by atoms with Crippen molar-refractivity contribution in [2.24, 2.45) is 0 Å². The number of carbonyl (C=O) groups is 1. The SMILES string of the molecule is Cc1ccc(NC(=O)c2ccnc(C3COC3)c2)cc1Nc1ncccc1-c1ncnc2c1ncn2C1CCCCO1. The number of anilines is 3. The molecule has 0 radical (unpaired) electrons. The largest absolute Gasteiger partial charge is 0.380 e. The number of aryl methyl sites for hydroxylation is 1. The number of hydrogen-bond acceptors (Lipinski definition) is 9. The van der Waals surface area contributed by atoms with Crippen LogP contribution in [-0.4, -0.2) is 55.2 Å². The number of aromatic nitrogens is 6. The fourth-order valence-electron chi connectivity index (χ4n) is 5.28. The fourth-order valence-corrected chi connectivity index (χ4v) is 5.28. The maximum atomic E-state index is 13.1. The second-order valence-corrected chi connectivity index (χ2v) is 10.6. The normalized spacial score (nSPS) is 17.1. The summed E-state index contributed by atoms with van der Waals surface area (Å²) >= 11 is 0. The van der Waals surface area contributed by atoms with E-state index in [-0.39, 0.29) is 18.1 Å². The highest BCUT2D eigenvalue weighted by molar-refractivity contribution is 6.04. The van der Waals surface area contributed by atoms with Gasteiger partial charge >= 0.3 is 0 Å². The third-order valence-corrected chi connectivity index (χ3v) is 7.74. The first-order chi connectivity index (χ1) is 20.6. The number of amides is 1. The maximum Gasteiger partial charge on any atom is 0.255 e. The molecule has 7 rings (SSSR count). The van der Waals surface area contributed by atoms with Gasteiger partial charge in [0.25, 0.3) is 5.91 Å². The summed E-state index contributed by atoms with van der Waals surface area (Å²) in [4.78, 5) is 36.0. The topological polar surface area (TPSA) is 129 Å². The molecule has 0 aliphatic carbocycles. The van der Waals surface area contributed by atoms with Crippen LogP contribution < -0.4 is 10.6 Å². The Morgan fingerprint density at radius 1 is 1.00 bits per heavy atom. The molecule has 2 fully saturated rings. The number of nitrogens with zero attached hydrogens (tertiary/aromatic N) is 6. The minimum Gasteiger partial charge on any atom is -0.380 e. The summed E-state index contributed by atoms with van der Waals surface area (Å²) < 4.78 is 13.2. The number of rotatable bonds is 7. The standard InChI is InChI=1S/C31H30N8O3/c1-19-7-8-22(37-31(40)20-9-11-32-25(13-20)21-15-41-16-21)14-24(19)38-29-23(5-4-10-33-29)27-28-30(35-17-34-27)39(18-36-28)26-6-2-3-12-42-26/h4-5,7-11,13-14,17-18,21,26H,2-3,6,12,15-16H2,1H3,(H,33,38)(H,37,40). The average molecular weight is 563 g/mol. The molecule has 0 spiro atoms. The van der Waals surface area contributed by atoms with Crippen LogP contribution in [-0.2, 0) is 9.47 Å². The minimum atomic E-state index is -0.201. The lowest BCUT2D eigenvalue weighted by molar-refractivity contribution is -0.0298. The van der Waals surface area contributed by atoms with E-state index in [4.69, 9.17) is 9.47 Å². The van der Waals surface area contributed by atoms with Gasteiger partial charge in [0.15, 0.2) is 5.65 Å². The highest BCUT2D eigenvalue weighted by Crippen LogP contribution is 2.34. The van der Waals surface area contributed by atoms with Gasteiger partial charge in [0.1, 0.15) is 29.6 Å². The van der Waals surface area contributed by atoms with Crippen molar-refractivity contribution in [3.8, 4) is 11.3 Å². The van der Waals surface area contributed by atoms with Gasteiger partial charge in [-0.1, -0.05) is 6.07 Å². The van der Waals surface area contributed by atoms with Crippen molar-refractivity contribution in [1.82, 2.24) is 29.5 Å². The Morgan fingerprint density at radius 2 is 1.93 bits per heavy atom. The van der Waals surface area contributed by atoms with Gasteiger partial charge in [-0.25, -0.2) is 19.9 Å². The van der Waals surface area contributed by atoms with E-state index in [1.54, 1.807) is 31.1 Å². The minimum absolute atomic E-state index is 0.0791. The quantitative estimate of drug-likeness (QED) is 0.268. The predicted octanol–water partition coefficient (Wildman–Crippen LogP) is 5.40. The number of fused-ring (bicyclic) bond motifs is 1. The fraction of sp³-hybridized carbons (Fsp3) is 0.290. The Morgan fingerprint density at radius 3 is 2.76 bits per heavy atom. The number of nitrogens with one attached hydrogen (secondary N) is 2. The van der Waals surface area contributed by atoms with Gasteiger partial charge in [0, 0.05) is 53.1 Å². The van der Waals surface area contributed by atoms with Crippen LogP contribution in [0.5, 0.6) is 0 Å². The molecule has 6 heterocycles. The number of pyridine rings is 2.